The molecule has 2 N–H and O–H groups in total. The van der Waals surface area contributed by atoms with Crippen molar-refractivity contribution in [2.45, 2.75) is 44.8 Å². The Balaban J connectivity index is 0.000000655. The summed E-state index contributed by atoms with van der Waals surface area (Å²) < 4.78 is 61.5. The molecule has 0 spiro atoms. The third-order valence-electron chi connectivity index (χ3n) is 5.94. The van der Waals surface area contributed by atoms with Crippen LogP contribution in [0.25, 0.3) is 11.2 Å². The third-order valence-corrected chi connectivity index (χ3v) is 7.53. The van der Waals surface area contributed by atoms with E-state index < -0.39 is 39.1 Å². The molecule has 1 aliphatic heterocycles. The topological polar surface area (TPSA) is 149 Å². The molecular formula is C25H33F3N6O6S. The van der Waals surface area contributed by atoms with Crippen molar-refractivity contribution in [2.24, 2.45) is 7.05 Å². The Morgan fingerprint density at radius 2 is 1.66 bits per heavy atom. The highest BCUT2D eigenvalue weighted by molar-refractivity contribution is 7.90. The van der Waals surface area contributed by atoms with E-state index in [1.54, 1.807) is 22.8 Å². The van der Waals surface area contributed by atoms with Gasteiger partial charge < -0.3 is 19.9 Å². The molecule has 2 aromatic heterocycles. The van der Waals surface area contributed by atoms with E-state index in [4.69, 9.17) is 9.90 Å². The number of aromatic nitrogens is 4. The van der Waals surface area contributed by atoms with E-state index in [2.05, 4.69) is 15.2 Å². The van der Waals surface area contributed by atoms with Crippen molar-refractivity contribution in [1.82, 2.24) is 24.0 Å². The third kappa shape index (κ3) is 7.64. The Bertz CT molecular complexity index is 1630. The van der Waals surface area contributed by atoms with Gasteiger partial charge in [-0.2, -0.15) is 18.2 Å². The molecule has 0 radical (unpaired) electrons. The lowest BCUT2D eigenvalue weighted by molar-refractivity contribution is -0.192. The maximum atomic E-state index is 13.5. The molecule has 4 rings (SSSR count). The van der Waals surface area contributed by atoms with E-state index >= 15 is 0 Å². The fraction of sp³-hybridized carbons (Fsp3) is 0.440. The van der Waals surface area contributed by atoms with E-state index in [1.807, 2.05) is 19.9 Å². The molecule has 16 heteroatoms. The number of carboxylic acid groups (broad SMARTS) is 1. The normalized spacial score (nSPS) is 13.7. The molecule has 0 saturated carbocycles. The maximum absolute atomic E-state index is 13.5. The number of benzene rings is 1. The van der Waals surface area contributed by atoms with Crippen molar-refractivity contribution in [1.29, 1.82) is 0 Å². The van der Waals surface area contributed by atoms with Crippen molar-refractivity contribution in [3.8, 4) is 0 Å². The number of aryl methyl sites for hydroxylation is 1. The lowest BCUT2D eigenvalue weighted by atomic mass is 10.3. The lowest BCUT2D eigenvalue weighted by Gasteiger charge is -2.28. The number of hydrogen-bond donors (Lipinski definition) is 2. The highest BCUT2D eigenvalue weighted by Gasteiger charge is 2.38. The summed E-state index contributed by atoms with van der Waals surface area (Å²) >= 11 is 0. The van der Waals surface area contributed by atoms with Gasteiger partial charge in [0.2, 0.25) is 5.95 Å². The SMILES string of the molecule is C.CC(C)=CCn1c(N2CCNCC2)nc2c1c(=O)n(CS(=O)(=O)c1ccccc1)c(=O)n2C.O=C(O)C(F)(F)F. The van der Waals surface area contributed by atoms with Gasteiger partial charge >= 0.3 is 17.8 Å². The number of allylic oxidation sites excluding steroid dienone is 2. The number of carboxylic acids is 1. The molecule has 41 heavy (non-hydrogen) atoms. The van der Waals surface area contributed by atoms with E-state index in [0.29, 0.717) is 25.6 Å². The first-order valence-electron chi connectivity index (χ1n) is 12.0. The second-order valence-corrected chi connectivity index (χ2v) is 11.1. The summed E-state index contributed by atoms with van der Waals surface area (Å²) in [7, 11) is -2.40. The molecule has 1 saturated heterocycles. The largest absolute Gasteiger partial charge is 0.490 e. The number of rotatable bonds is 6. The maximum Gasteiger partial charge on any atom is 0.490 e. The van der Waals surface area contributed by atoms with Crippen LogP contribution in [0.2, 0.25) is 0 Å². The Labute approximate surface area is 234 Å². The summed E-state index contributed by atoms with van der Waals surface area (Å²) in [6.45, 7) is 7.30. The van der Waals surface area contributed by atoms with Crippen molar-refractivity contribution in [3.05, 3.63) is 62.8 Å². The lowest BCUT2D eigenvalue weighted by Crippen LogP contribution is -2.44. The minimum absolute atomic E-state index is 0. The van der Waals surface area contributed by atoms with Gasteiger partial charge in [-0.15, -0.1) is 0 Å². The number of piperazine rings is 1. The molecule has 0 aliphatic carbocycles. The fourth-order valence-corrected chi connectivity index (χ4v) is 5.19. The monoisotopic (exact) mass is 602 g/mol. The number of anilines is 1. The quantitative estimate of drug-likeness (QED) is 0.404. The summed E-state index contributed by atoms with van der Waals surface area (Å²) in [6, 6.07) is 7.81. The van der Waals surface area contributed by atoms with E-state index in [9.17, 15) is 31.2 Å². The van der Waals surface area contributed by atoms with Crippen LogP contribution in [0.1, 0.15) is 21.3 Å². The Kier molecular flexibility index (Phi) is 10.7. The summed E-state index contributed by atoms with van der Waals surface area (Å²) in [4.78, 5) is 42.3. The summed E-state index contributed by atoms with van der Waals surface area (Å²) in [6.07, 6.45) is -3.11. The van der Waals surface area contributed by atoms with Crippen LogP contribution in [-0.2, 0) is 34.1 Å². The number of aliphatic carboxylic acids is 1. The standard InChI is InChI=1S/C22H28N6O4S.C2HF3O2.CH4/c1-16(2)9-12-27-18-19(24-21(27)26-13-10-23-11-14-26)25(3)22(30)28(20(18)29)15-33(31,32)17-7-5-4-6-8-17;3-2(4,5)1(6)7;/h4-9,23H,10-15H2,1-3H3;(H,6,7);1H4. The van der Waals surface area contributed by atoms with E-state index in [0.717, 1.165) is 23.2 Å². The smallest absolute Gasteiger partial charge is 0.475 e. The van der Waals surface area contributed by atoms with Gasteiger partial charge in [-0.05, 0) is 26.0 Å². The number of alkyl halides is 3. The van der Waals surface area contributed by atoms with Crippen LogP contribution in [0.5, 0.6) is 0 Å². The second-order valence-electron chi connectivity index (χ2n) is 9.15. The Morgan fingerprint density at radius 3 is 2.17 bits per heavy atom. The number of nitrogens with one attached hydrogen (secondary N) is 1. The van der Waals surface area contributed by atoms with Gasteiger partial charge in [-0.1, -0.05) is 37.3 Å². The first-order valence-corrected chi connectivity index (χ1v) is 13.7. The van der Waals surface area contributed by atoms with Gasteiger partial charge in [-0.25, -0.2) is 22.6 Å². The number of sulfone groups is 1. The van der Waals surface area contributed by atoms with Crippen molar-refractivity contribution >= 4 is 32.9 Å². The zero-order valence-electron chi connectivity index (χ0n) is 22.0. The molecule has 3 aromatic rings. The van der Waals surface area contributed by atoms with E-state index in [1.165, 1.54) is 23.7 Å². The number of carbonyl (C=O) groups is 1. The molecule has 226 valence electrons. The molecule has 1 fully saturated rings. The molecule has 0 amide bonds. The van der Waals surface area contributed by atoms with Crippen LogP contribution in [0.4, 0.5) is 19.1 Å². The van der Waals surface area contributed by atoms with Crippen LogP contribution >= 0.6 is 0 Å². The number of fused-ring (bicyclic) bond motifs is 1. The molecule has 1 aliphatic rings. The van der Waals surface area contributed by atoms with Gasteiger partial charge in [-0.3, -0.25) is 9.36 Å². The summed E-state index contributed by atoms with van der Waals surface area (Å²) in [5.74, 6) is -2.90. The molecule has 1 aromatic carbocycles. The number of hydrogen-bond acceptors (Lipinski definition) is 8. The highest BCUT2D eigenvalue weighted by atomic mass is 32.2. The highest BCUT2D eigenvalue weighted by Crippen LogP contribution is 2.21. The van der Waals surface area contributed by atoms with Crippen LogP contribution in [0, 0.1) is 0 Å². The molecule has 3 heterocycles. The summed E-state index contributed by atoms with van der Waals surface area (Å²) in [5.41, 5.74) is 0.148. The fourth-order valence-electron chi connectivity index (χ4n) is 3.90. The molecule has 0 bridgehead atoms. The molecule has 0 unspecified atom stereocenters. The van der Waals surface area contributed by atoms with Gasteiger partial charge in [0, 0.05) is 39.8 Å². The number of halogens is 3. The van der Waals surface area contributed by atoms with E-state index in [-0.39, 0.29) is 23.5 Å². The van der Waals surface area contributed by atoms with Crippen LogP contribution in [-0.4, -0.2) is 70.5 Å². The van der Waals surface area contributed by atoms with Crippen molar-refractivity contribution in [2.75, 3.05) is 31.1 Å². The molecule has 12 nitrogen and oxygen atoms in total. The zero-order chi connectivity index (χ0) is 29.8. The van der Waals surface area contributed by atoms with Crippen molar-refractivity contribution in [3.63, 3.8) is 0 Å². The second kappa shape index (κ2) is 13.2. The van der Waals surface area contributed by atoms with Crippen molar-refractivity contribution < 1.29 is 31.5 Å². The minimum Gasteiger partial charge on any atom is -0.475 e. The molecule has 0 atom stereocenters. The predicted molar refractivity (Wildman–Crippen MR) is 148 cm³/mol. The number of nitrogens with zero attached hydrogens (tertiary/aromatic N) is 5. The number of imidazole rings is 1. The average Bonchev–Trinajstić information content (AvgIpc) is 3.29. The van der Waals surface area contributed by atoms with Gasteiger partial charge in [0.05, 0.1) is 4.90 Å². The van der Waals surface area contributed by atoms with Gasteiger partial charge in [0.1, 0.15) is 5.88 Å². The first-order chi connectivity index (χ1) is 18.6. The Hall–Kier alpha value is -3.92. The van der Waals surface area contributed by atoms with Crippen LogP contribution in [0.15, 0.2) is 56.5 Å². The minimum atomic E-state index is -5.08. The van der Waals surface area contributed by atoms with Gasteiger partial charge in [0.15, 0.2) is 21.0 Å². The molecular weight excluding hydrogens is 569 g/mol. The zero-order valence-corrected chi connectivity index (χ0v) is 22.8. The Morgan fingerprint density at radius 1 is 1.10 bits per heavy atom. The van der Waals surface area contributed by atoms with Gasteiger partial charge in [0.25, 0.3) is 5.56 Å². The predicted octanol–water partition coefficient (Wildman–Crippen LogP) is 1.97. The summed E-state index contributed by atoms with van der Waals surface area (Å²) in [5, 5.41) is 10.4. The first kappa shape index (κ1) is 33.3. The average molecular weight is 603 g/mol. The van der Waals surface area contributed by atoms with Crippen LogP contribution < -0.4 is 21.5 Å². The van der Waals surface area contributed by atoms with Crippen LogP contribution in [0.3, 0.4) is 0 Å².